The van der Waals surface area contributed by atoms with Gasteiger partial charge in [-0.1, -0.05) is 0 Å². The quantitative estimate of drug-likeness (QED) is 0.678. The molecule has 2 aromatic rings. The van der Waals surface area contributed by atoms with E-state index in [-0.39, 0.29) is 11.2 Å². The van der Waals surface area contributed by atoms with Crippen molar-refractivity contribution in [3.63, 3.8) is 0 Å². The molecule has 2 rings (SSSR count). The first kappa shape index (κ1) is 13.0. The summed E-state index contributed by atoms with van der Waals surface area (Å²) in [6.45, 7) is 6.15. The second kappa shape index (κ2) is 4.68. The van der Waals surface area contributed by atoms with Crippen LogP contribution in [-0.4, -0.2) is 19.7 Å². The number of nitro groups is 1. The van der Waals surface area contributed by atoms with E-state index < -0.39 is 4.92 Å². The fourth-order valence-corrected chi connectivity index (χ4v) is 1.47. The highest BCUT2D eigenvalue weighted by Crippen LogP contribution is 2.19. The predicted molar refractivity (Wildman–Crippen MR) is 71.4 cm³/mol. The van der Waals surface area contributed by atoms with Crippen molar-refractivity contribution in [2.24, 2.45) is 0 Å². The van der Waals surface area contributed by atoms with Crippen LogP contribution in [0, 0.1) is 10.1 Å². The molecule has 7 nitrogen and oxygen atoms in total. The molecule has 0 aliphatic carbocycles. The fraction of sp³-hybridized carbons (Fsp3) is 0.333. The highest BCUT2D eigenvalue weighted by Gasteiger charge is 2.14. The Kier molecular flexibility index (Phi) is 3.20. The fourth-order valence-electron chi connectivity index (χ4n) is 1.47. The predicted octanol–water partition coefficient (Wildman–Crippen LogP) is 2.68. The van der Waals surface area contributed by atoms with Crippen molar-refractivity contribution in [2.45, 2.75) is 26.3 Å². The summed E-state index contributed by atoms with van der Waals surface area (Å²) >= 11 is 0. The molecule has 0 saturated carbocycles. The van der Waals surface area contributed by atoms with Crippen LogP contribution in [0.4, 0.5) is 17.2 Å². The molecule has 2 heterocycles. The van der Waals surface area contributed by atoms with Crippen molar-refractivity contribution in [3.05, 3.63) is 40.8 Å². The zero-order valence-electron chi connectivity index (χ0n) is 11.0. The Morgan fingerprint density at radius 2 is 2.05 bits per heavy atom. The average molecular weight is 261 g/mol. The highest BCUT2D eigenvalue weighted by molar-refractivity contribution is 5.54. The van der Waals surface area contributed by atoms with Gasteiger partial charge in [0.15, 0.2) is 0 Å². The molecule has 0 unspecified atom stereocenters. The largest absolute Gasteiger partial charge is 0.338 e. The molecular formula is C12H15N5O2. The van der Waals surface area contributed by atoms with E-state index in [2.05, 4.69) is 15.4 Å². The van der Waals surface area contributed by atoms with Gasteiger partial charge in [-0.05, 0) is 26.8 Å². The van der Waals surface area contributed by atoms with E-state index in [9.17, 15) is 10.1 Å². The third-order valence-corrected chi connectivity index (χ3v) is 2.50. The average Bonchev–Trinajstić information content (AvgIpc) is 2.78. The van der Waals surface area contributed by atoms with Gasteiger partial charge in [0, 0.05) is 12.3 Å². The third kappa shape index (κ3) is 3.06. The minimum absolute atomic E-state index is 0.0315. The lowest BCUT2D eigenvalue weighted by atomic mass is 10.1. The lowest BCUT2D eigenvalue weighted by Crippen LogP contribution is -2.21. The number of pyridine rings is 1. The smallest absolute Gasteiger partial charge is 0.287 e. The van der Waals surface area contributed by atoms with E-state index in [0.717, 1.165) is 5.69 Å². The summed E-state index contributed by atoms with van der Waals surface area (Å²) < 4.78 is 1.83. The number of rotatable bonds is 3. The SMILES string of the molecule is CC(C)(C)n1cc(Nc2ccc([N+](=O)[O-])cn2)cn1. The second-order valence-corrected chi connectivity index (χ2v) is 5.13. The van der Waals surface area contributed by atoms with Crippen LogP contribution >= 0.6 is 0 Å². The molecule has 0 saturated heterocycles. The van der Waals surface area contributed by atoms with Crippen LogP contribution in [0.15, 0.2) is 30.7 Å². The van der Waals surface area contributed by atoms with E-state index in [0.29, 0.717) is 5.82 Å². The molecule has 7 heteroatoms. The number of anilines is 2. The normalized spacial score (nSPS) is 11.3. The zero-order chi connectivity index (χ0) is 14.0. The van der Waals surface area contributed by atoms with E-state index in [4.69, 9.17) is 0 Å². The minimum Gasteiger partial charge on any atom is -0.338 e. The molecule has 1 N–H and O–H groups in total. The maximum atomic E-state index is 10.5. The van der Waals surface area contributed by atoms with Gasteiger partial charge >= 0.3 is 0 Å². The minimum atomic E-state index is -0.478. The second-order valence-electron chi connectivity index (χ2n) is 5.13. The molecule has 100 valence electrons. The molecule has 0 spiro atoms. The molecular weight excluding hydrogens is 246 g/mol. The molecule has 0 aliphatic rings. The molecule has 0 aromatic carbocycles. The Hall–Kier alpha value is -2.44. The number of hydrogen-bond acceptors (Lipinski definition) is 5. The summed E-state index contributed by atoms with van der Waals surface area (Å²) in [7, 11) is 0. The van der Waals surface area contributed by atoms with Gasteiger partial charge in [-0.25, -0.2) is 4.98 Å². The van der Waals surface area contributed by atoms with Crippen molar-refractivity contribution in [1.29, 1.82) is 0 Å². The Bertz CT molecular complexity index is 583. The van der Waals surface area contributed by atoms with Crippen LogP contribution in [0.3, 0.4) is 0 Å². The van der Waals surface area contributed by atoms with Crippen LogP contribution in [0.1, 0.15) is 20.8 Å². The molecule has 0 aliphatic heterocycles. The van der Waals surface area contributed by atoms with Crippen LogP contribution < -0.4 is 5.32 Å². The lowest BCUT2D eigenvalue weighted by molar-refractivity contribution is -0.385. The van der Waals surface area contributed by atoms with Crippen LogP contribution in [0.2, 0.25) is 0 Å². The lowest BCUT2D eigenvalue weighted by Gasteiger charge is -2.18. The number of hydrogen-bond donors (Lipinski definition) is 1. The van der Waals surface area contributed by atoms with Gasteiger partial charge in [0.1, 0.15) is 12.0 Å². The first-order chi connectivity index (χ1) is 8.86. The molecule has 0 bridgehead atoms. The van der Waals surface area contributed by atoms with Crippen molar-refractivity contribution in [2.75, 3.05) is 5.32 Å². The molecule has 19 heavy (non-hydrogen) atoms. The summed E-state index contributed by atoms with van der Waals surface area (Å²) in [5, 5.41) is 17.8. The van der Waals surface area contributed by atoms with Crippen LogP contribution in [-0.2, 0) is 5.54 Å². The summed E-state index contributed by atoms with van der Waals surface area (Å²) in [6.07, 6.45) is 4.77. The number of nitrogens with zero attached hydrogens (tertiary/aromatic N) is 4. The van der Waals surface area contributed by atoms with Crippen molar-refractivity contribution >= 4 is 17.2 Å². The summed E-state index contributed by atoms with van der Waals surface area (Å²) in [4.78, 5) is 14.0. The van der Waals surface area contributed by atoms with E-state index in [1.807, 2.05) is 31.6 Å². The van der Waals surface area contributed by atoms with Crippen molar-refractivity contribution < 1.29 is 4.92 Å². The Morgan fingerprint density at radius 1 is 1.32 bits per heavy atom. The van der Waals surface area contributed by atoms with Crippen molar-refractivity contribution in [3.8, 4) is 0 Å². The van der Waals surface area contributed by atoms with Crippen LogP contribution in [0.25, 0.3) is 0 Å². The van der Waals surface area contributed by atoms with E-state index in [1.54, 1.807) is 12.3 Å². The molecule has 0 radical (unpaired) electrons. The topological polar surface area (TPSA) is 85.9 Å². The Balaban J connectivity index is 2.13. The first-order valence-electron chi connectivity index (χ1n) is 5.79. The summed E-state index contributed by atoms with van der Waals surface area (Å²) in [5.74, 6) is 0.541. The van der Waals surface area contributed by atoms with Gasteiger partial charge in [-0.15, -0.1) is 0 Å². The van der Waals surface area contributed by atoms with Gasteiger partial charge in [-0.2, -0.15) is 5.10 Å². The first-order valence-corrected chi connectivity index (χ1v) is 5.79. The standard InChI is InChI=1S/C12H15N5O2/c1-12(2,3)16-8-9(6-14-16)15-11-5-4-10(7-13-11)17(18)19/h4-8H,1-3H3,(H,13,15). The highest BCUT2D eigenvalue weighted by atomic mass is 16.6. The van der Waals surface area contributed by atoms with E-state index in [1.165, 1.54) is 12.3 Å². The number of aromatic nitrogens is 3. The number of nitrogens with one attached hydrogen (secondary N) is 1. The third-order valence-electron chi connectivity index (χ3n) is 2.50. The molecule has 0 amide bonds. The summed E-state index contributed by atoms with van der Waals surface area (Å²) in [6, 6.07) is 2.97. The Morgan fingerprint density at radius 3 is 2.53 bits per heavy atom. The summed E-state index contributed by atoms with van der Waals surface area (Å²) in [5.41, 5.74) is 0.662. The Labute approximate surface area is 110 Å². The zero-order valence-corrected chi connectivity index (χ0v) is 11.0. The molecule has 0 atom stereocenters. The van der Waals surface area contributed by atoms with Gasteiger partial charge in [-0.3, -0.25) is 14.8 Å². The van der Waals surface area contributed by atoms with Crippen molar-refractivity contribution in [1.82, 2.24) is 14.8 Å². The van der Waals surface area contributed by atoms with Gasteiger partial charge in [0.25, 0.3) is 5.69 Å². The van der Waals surface area contributed by atoms with Crippen LogP contribution in [0.5, 0.6) is 0 Å². The monoisotopic (exact) mass is 261 g/mol. The van der Waals surface area contributed by atoms with Gasteiger partial charge in [0.05, 0.1) is 22.3 Å². The maximum absolute atomic E-state index is 10.5. The molecule has 0 fully saturated rings. The maximum Gasteiger partial charge on any atom is 0.287 e. The van der Waals surface area contributed by atoms with E-state index >= 15 is 0 Å². The van der Waals surface area contributed by atoms with Gasteiger partial charge in [0.2, 0.25) is 0 Å². The molecule has 2 aromatic heterocycles. The van der Waals surface area contributed by atoms with Gasteiger partial charge < -0.3 is 5.32 Å².